The van der Waals surface area contributed by atoms with Gasteiger partial charge >= 0.3 is 0 Å². The van der Waals surface area contributed by atoms with E-state index in [4.69, 9.17) is 5.73 Å². The Labute approximate surface area is 99.5 Å². The topological polar surface area (TPSA) is 44.9 Å². The van der Waals surface area contributed by atoms with Crippen LogP contribution in [0.2, 0.25) is 0 Å². The van der Waals surface area contributed by atoms with Gasteiger partial charge in [0.05, 0.1) is 0 Å². The Morgan fingerprint density at radius 1 is 1.44 bits per heavy atom. The zero-order valence-corrected chi connectivity index (χ0v) is 11.1. The van der Waals surface area contributed by atoms with Gasteiger partial charge in [0.25, 0.3) is 0 Å². The first kappa shape index (κ1) is 13.3. The minimum absolute atomic E-state index is 0.276. The van der Waals surface area contributed by atoms with Gasteiger partial charge in [-0.15, -0.1) is 0 Å². The molecule has 2 N–H and O–H groups in total. The summed E-state index contributed by atoms with van der Waals surface area (Å²) in [6.45, 7) is 9.85. The summed E-state index contributed by atoms with van der Waals surface area (Å²) in [5.74, 6) is 0.685. The van der Waals surface area contributed by atoms with Gasteiger partial charge in [0.2, 0.25) is 0 Å². The Balaban J connectivity index is 2.47. The van der Waals surface area contributed by atoms with Gasteiger partial charge in [0.15, 0.2) is 5.96 Å². The van der Waals surface area contributed by atoms with Crippen LogP contribution in [-0.4, -0.2) is 54.5 Å². The monoisotopic (exact) mass is 226 g/mol. The van der Waals surface area contributed by atoms with Crippen molar-refractivity contribution in [2.45, 2.75) is 45.7 Å². The molecular formula is C12H26N4. The number of hydrogen-bond acceptors (Lipinski definition) is 2. The molecule has 1 aliphatic heterocycles. The van der Waals surface area contributed by atoms with Crippen LogP contribution >= 0.6 is 0 Å². The highest BCUT2D eigenvalue weighted by molar-refractivity contribution is 5.78. The minimum atomic E-state index is 0.276. The van der Waals surface area contributed by atoms with E-state index < -0.39 is 0 Å². The third kappa shape index (κ3) is 3.67. The molecule has 0 unspecified atom stereocenters. The molecule has 1 rings (SSSR count). The predicted octanol–water partition coefficient (Wildman–Crippen LogP) is 1.13. The zero-order chi connectivity index (χ0) is 12.1. The predicted molar refractivity (Wildman–Crippen MR) is 69.7 cm³/mol. The first-order chi connectivity index (χ1) is 7.54. The molecule has 1 fully saturated rings. The van der Waals surface area contributed by atoms with E-state index in [9.17, 15) is 0 Å². The second kappa shape index (κ2) is 6.09. The van der Waals surface area contributed by atoms with Gasteiger partial charge in [0, 0.05) is 32.2 Å². The number of guanidine groups is 1. The SMILES string of the molecule is CCN1CCC(N(C)C(N)=NC(C)C)CC1. The Kier molecular flexibility index (Phi) is 5.06. The lowest BCUT2D eigenvalue weighted by molar-refractivity contribution is 0.171. The maximum atomic E-state index is 5.98. The maximum absolute atomic E-state index is 5.98. The van der Waals surface area contributed by atoms with Gasteiger partial charge in [-0.05, 0) is 33.2 Å². The molecule has 0 saturated carbocycles. The van der Waals surface area contributed by atoms with Crippen molar-refractivity contribution in [3.63, 3.8) is 0 Å². The summed E-state index contributed by atoms with van der Waals surface area (Å²) in [5.41, 5.74) is 5.98. The van der Waals surface area contributed by atoms with E-state index in [1.807, 2.05) is 0 Å². The third-order valence-electron chi connectivity index (χ3n) is 3.30. The molecule has 1 heterocycles. The van der Waals surface area contributed by atoms with Crippen LogP contribution in [0.1, 0.15) is 33.6 Å². The van der Waals surface area contributed by atoms with Crippen molar-refractivity contribution in [3.8, 4) is 0 Å². The average Bonchev–Trinajstić information content (AvgIpc) is 2.27. The first-order valence-corrected chi connectivity index (χ1v) is 6.33. The van der Waals surface area contributed by atoms with Crippen LogP contribution in [0.4, 0.5) is 0 Å². The molecule has 0 aromatic heterocycles. The fourth-order valence-electron chi connectivity index (χ4n) is 2.17. The molecule has 94 valence electrons. The molecule has 1 aliphatic rings. The molecule has 0 aromatic rings. The number of nitrogens with zero attached hydrogens (tertiary/aromatic N) is 3. The highest BCUT2D eigenvalue weighted by Gasteiger charge is 2.22. The van der Waals surface area contributed by atoms with Crippen LogP contribution in [0.5, 0.6) is 0 Å². The van der Waals surface area contributed by atoms with Crippen LogP contribution in [0.3, 0.4) is 0 Å². The fourth-order valence-corrected chi connectivity index (χ4v) is 2.17. The van der Waals surface area contributed by atoms with Gasteiger partial charge in [0.1, 0.15) is 0 Å². The summed E-state index contributed by atoms with van der Waals surface area (Å²) >= 11 is 0. The Morgan fingerprint density at radius 3 is 2.44 bits per heavy atom. The van der Waals surface area contributed by atoms with E-state index in [0.717, 1.165) is 6.54 Å². The molecule has 0 bridgehead atoms. The Morgan fingerprint density at radius 2 is 2.00 bits per heavy atom. The molecule has 0 atom stereocenters. The number of aliphatic imine (C=N–C) groups is 1. The third-order valence-corrected chi connectivity index (χ3v) is 3.30. The molecule has 0 radical (unpaired) electrons. The Bertz CT molecular complexity index is 229. The van der Waals surface area contributed by atoms with Crippen molar-refractivity contribution in [2.75, 3.05) is 26.7 Å². The van der Waals surface area contributed by atoms with Crippen molar-refractivity contribution in [1.82, 2.24) is 9.80 Å². The number of nitrogens with two attached hydrogens (primary N) is 1. The number of rotatable bonds is 3. The van der Waals surface area contributed by atoms with Crippen LogP contribution in [0.15, 0.2) is 4.99 Å². The quantitative estimate of drug-likeness (QED) is 0.579. The number of piperidine rings is 1. The zero-order valence-electron chi connectivity index (χ0n) is 11.1. The molecule has 4 heteroatoms. The normalized spacial score (nSPS) is 20.4. The molecule has 1 saturated heterocycles. The van der Waals surface area contributed by atoms with E-state index in [2.05, 4.69) is 42.6 Å². The van der Waals surface area contributed by atoms with E-state index in [1.165, 1.54) is 25.9 Å². The second-order valence-electron chi connectivity index (χ2n) is 4.86. The summed E-state index contributed by atoms with van der Waals surface area (Å²) in [6.07, 6.45) is 2.39. The molecule has 0 amide bonds. The van der Waals surface area contributed by atoms with Gasteiger partial charge in [-0.1, -0.05) is 6.92 Å². The van der Waals surface area contributed by atoms with Crippen LogP contribution < -0.4 is 5.73 Å². The molecular weight excluding hydrogens is 200 g/mol. The van der Waals surface area contributed by atoms with Crippen molar-refractivity contribution in [2.24, 2.45) is 10.7 Å². The van der Waals surface area contributed by atoms with Crippen LogP contribution in [-0.2, 0) is 0 Å². The molecule has 16 heavy (non-hydrogen) atoms. The highest BCUT2D eigenvalue weighted by atomic mass is 15.3. The number of hydrogen-bond donors (Lipinski definition) is 1. The largest absolute Gasteiger partial charge is 0.370 e. The van der Waals surface area contributed by atoms with Gasteiger partial charge < -0.3 is 15.5 Å². The van der Waals surface area contributed by atoms with Crippen molar-refractivity contribution < 1.29 is 0 Å². The molecule has 0 aromatic carbocycles. The minimum Gasteiger partial charge on any atom is -0.370 e. The maximum Gasteiger partial charge on any atom is 0.191 e. The number of likely N-dealkylation sites (tertiary alicyclic amines) is 1. The van der Waals surface area contributed by atoms with Gasteiger partial charge in [-0.25, -0.2) is 0 Å². The molecule has 0 aliphatic carbocycles. The lowest BCUT2D eigenvalue weighted by Gasteiger charge is -2.36. The lowest BCUT2D eigenvalue weighted by Crippen LogP contribution is -2.48. The first-order valence-electron chi connectivity index (χ1n) is 6.33. The molecule has 4 nitrogen and oxygen atoms in total. The summed E-state index contributed by atoms with van der Waals surface area (Å²) < 4.78 is 0. The summed E-state index contributed by atoms with van der Waals surface area (Å²) in [5, 5.41) is 0. The van der Waals surface area contributed by atoms with E-state index in [-0.39, 0.29) is 6.04 Å². The average molecular weight is 226 g/mol. The fraction of sp³-hybridized carbons (Fsp3) is 0.917. The lowest BCUT2D eigenvalue weighted by atomic mass is 10.0. The van der Waals surface area contributed by atoms with Crippen LogP contribution in [0, 0.1) is 0 Å². The highest BCUT2D eigenvalue weighted by Crippen LogP contribution is 2.14. The van der Waals surface area contributed by atoms with Crippen molar-refractivity contribution in [3.05, 3.63) is 0 Å². The standard InChI is InChI=1S/C12H26N4/c1-5-16-8-6-11(7-9-16)15(4)12(13)14-10(2)3/h10-11H,5-9H2,1-4H3,(H2,13,14). The van der Waals surface area contributed by atoms with Crippen molar-refractivity contribution >= 4 is 5.96 Å². The molecule has 0 spiro atoms. The van der Waals surface area contributed by atoms with E-state index >= 15 is 0 Å². The summed E-state index contributed by atoms with van der Waals surface area (Å²) in [7, 11) is 2.06. The van der Waals surface area contributed by atoms with Gasteiger partial charge in [-0.3, -0.25) is 4.99 Å². The van der Waals surface area contributed by atoms with Crippen molar-refractivity contribution in [1.29, 1.82) is 0 Å². The Hall–Kier alpha value is -0.770. The summed E-state index contributed by atoms with van der Waals surface area (Å²) in [6, 6.07) is 0.837. The van der Waals surface area contributed by atoms with E-state index in [1.54, 1.807) is 0 Å². The van der Waals surface area contributed by atoms with E-state index in [0.29, 0.717) is 12.0 Å². The summed E-state index contributed by atoms with van der Waals surface area (Å²) in [4.78, 5) is 9.03. The smallest absolute Gasteiger partial charge is 0.191 e. The van der Waals surface area contributed by atoms with Crippen LogP contribution in [0.25, 0.3) is 0 Å². The van der Waals surface area contributed by atoms with Gasteiger partial charge in [-0.2, -0.15) is 0 Å². The second-order valence-corrected chi connectivity index (χ2v) is 4.86.